The van der Waals surface area contributed by atoms with Gasteiger partial charge in [0.15, 0.2) is 5.78 Å². The topological polar surface area (TPSA) is 63.4 Å². The van der Waals surface area contributed by atoms with Crippen LogP contribution in [0.3, 0.4) is 0 Å². The molecule has 0 aliphatic carbocycles. The Morgan fingerprint density at radius 3 is 2.80 bits per heavy atom. The smallest absolute Gasteiger partial charge is 0.226 e. The number of rotatable bonds is 5. The summed E-state index contributed by atoms with van der Waals surface area (Å²) in [5.41, 5.74) is 8.21. The van der Waals surface area contributed by atoms with Crippen molar-refractivity contribution >= 4 is 17.4 Å². The molecular formula is C16H22N2O2. The average molecular weight is 274 g/mol. The second-order valence-electron chi connectivity index (χ2n) is 5.20. The van der Waals surface area contributed by atoms with Crippen LogP contribution in [0.4, 0.5) is 5.69 Å². The first-order valence-corrected chi connectivity index (χ1v) is 7.34. The summed E-state index contributed by atoms with van der Waals surface area (Å²) in [6.45, 7) is 3.16. The van der Waals surface area contributed by atoms with Crippen LogP contribution in [0.1, 0.15) is 48.5 Å². The lowest BCUT2D eigenvalue weighted by Crippen LogP contribution is -2.35. The monoisotopic (exact) mass is 274 g/mol. The van der Waals surface area contributed by atoms with Gasteiger partial charge in [-0.15, -0.1) is 0 Å². The summed E-state index contributed by atoms with van der Waals surface area (Å²) in [6.07, 6.45) is 3.69. The first kappa shape index (κ1) is 14.7. The van der Waals surface area contributed by atoms with E-state index in [9.17, 15) is 9.59 Å². The van der Waals surface area contributed by atoms with Crippen LogP contribution in [-0.2, 0) is 11.2 Å². The van der Waals surface area contributed by atoms with Crippen LogP contribution >= 0.6 is 0 Å². The molecule has 0 aromatic heterocycles. The van der Waals surface area contributed by atoms with Gasteiger partial charge in [0, 0.05) is 30.6 Å². The van der Waals surface area contributed by atoms with Crippen molar-refractivity contribution in [2.45, 2.75) is 39.0 Å². The zero-order valence-electron chi connectivity index (χ0n) is 12.0. The van der Waals surface area contributed by atoms with Crippen LogP contribution < -0.4 is 10.6 Å². The van der Waals surface area contributed by atoms with E-state index in [0.717, 1.165) is 37.1 Å². The number of amides is 1. The standard InChI is InChI=1S/C16H22N2O2/c1-2-4-16(20)18-10-3-5-12-11-13(6-7-14(12)18)15(19)8-9-17/h6-7,11H,2-5,8-10,17H2,1H3. The number of hydrogen-bond acceptors (Lipinski definition) is 3. The number of anilines is 1. The van der Waals surface area contributed by atoms with E-state index in [1.807, 2.05) is 30.0 Å². The molecule has 2 rings (SSSR count). The fourth-order valence-corrected chi connectivity index (χ4v) is 2.65. The molecule has 1 aliphatic heterocycles. The number of hydrogen-bond donors (Lipinski definition) is 1. The number of ketones is 1. The molecule has 0 fully saturated rings. The molecular weight excluding hydrogens is 252 g/mol. The fraction of sp³-hybridized carbons (Fsp3) is 0.500. The number of nitrogens with zero attached hydrogens (tertiary/aromatic N) is 1. The van der Waals surface area contributed by atoms with Crippen molar-refractivity contribution in [3.05, 3.63) is 29.3 Å². The third kappa shape index (κ3) is 3.07. The highest BCUT2D eigenvalue weighted by Crippen LogP contribution is 2.29. The SMILES string of the molecule is CCCC(=O)N1CCCc2cc(C(=O)CCN)ccc21. The molecule has 108 valence electrons. The Hall–Kier alpha value is -1.68. The first-order chi connectivity index (χ1) is 9.67. The first-order valence-electron chi connectivity index (χ1n) is 7.34. The summed E-state index contributed by atoms with van der Waals surface area (Å²) >= 11 is 0. The van der Waals surface area contributed by atoms with E-state index >= 15 is 0 Å². The van der Waals surface area contributed by atoms with Gasteiger partial charge in [-0.05, 0) is 49.6 Å². The van der Waals surface area contributed by atoms with Gasteiger partial charge >= 0.3 is 0 Å². The van der Waals surface area contributed by atoms with Gasteiger partial charge in [-0.3, -0.25) is 9.59 Å². The molecule has 0 spiro atoms. The van der Waals surface area contributed by atoms with E-state index in [-0.39, 0.29) is 11.7 Å². The van der Waals surface area contributed by atoms with E-state index < -0.39 is 0 Å². The number of benzene rings is 1. The molecule has 1 amide bonds. The molecule has 0 bridgehead atoms. The van der Waals surface area contributed by atoms with Crippen molar-refractivity contribution < 1.29 is 9.59 Å². The van der Waals surface area contributed by atoms with Crippen LogP contribution in [0.5, 0.6) is 0 Å². The van der Waals surface area contributed by atoms with Crippen molar-refractivity contribution in [3.8, 4) is 0 Å². The predicted octanol–water partition coefficient (Wildman–Crippen LogP) is 2.30. The van der Waals surface area contributed by atoms with Gasteiger partial charge in [-0.25, -0.2) is 0 Å². The van der Waals surface area contributed by atoms with Gasteiger partial charge < -0.3 is 10.6 Å². The fourth-order valence-electron chi connectivity index (χ4n) is 2.65. The lowest BCUT2D eigenvalue weighted by molar-refractivity contribution is -0.118. The van der Waals surface area contributed by atoms with E-state index in [1.165, 1.54) is 0 Å². The molecule has 2 N–H and O–H groups in total. The number of carbonyl (C=O) groups excluding carboxylic acids is 2. The van der Waals surface area contributed by atoms with Crippen molar-refractivity contribution in [2.24, 2.45) is 5.73 Å². The van der Waals surface area contributed by atoms with E-state index in [2.05, 4.69) is 0 Å². The van der Waals surface area contributed by atoms with Gasteiger partial charge in [0.2, 0.25) is 5.91 Å². The molecule has 0 atom stereocenters. The highest BCUT2D eigenvalue weighted by atomic mass is 16.2. The largest absolute Gasteiger partial charge is 0.330 e. The molecule has 1 aromatic rings. The molecule has 0 unspecified atom stereocenters. The molecule has 1 aliphatic rings. The summed E-state index contributed by atoms with van der Waals surface area (Å²) in [7, 11) is 0. The number of fused-ring (bicyclic) bond motifs is 1. The molecule has 4 heteroatoms. The lowest BCUT2D eigenvalue weighted by Gasteiger charge is -2.30. The number of Topliss-reactive ketones (excluding diaryl/α,β-unsaturated/α-hetero) is 1. The number of aryl methyl sites for hydroxylation is 1. The van der Waals surface area contributed by atoms with Crippen molar-refractivity contribution in [2.75, 3.05) is 18.0 Å². The summed E-state index contributed by atoms with van der Waals surface area (Å²) < 4.78 is 0. The third-order valence-electron chi connectivity index (χ3n) is 3.66. The van der Waals surface area contributed by atoms with Crippen LogP contribution in [-0.4, -0.2) is 24.8 Å². The van der Waals surface area contributed by atoms with E-state index in [4.69, 9.17) is 5.73 Å². The molecule has 20 heavy (non-hydrogen) atoms. The summed E-state index contributed by atoms with van der Waals surface area (Å²) in [6, 6.07) is 5.65. The maximum Gasteiger partial charge on any atom is 0.226 e. The Bertz CT molecular complexity index is 511. The Morgan fingerprint density at radius 2 is 2.10 bits per heavy atom. The van der Waals surface area contributed by atoms with E-state index in [0.29, 0.717) is 24.9 Å². The Balaban J connectivity index is 2.26. The van der Waals surface area contributed by atoms with Gasteiger partial charge in [-0.2, -0.15) is 0 Å². The maximum absolute atomic E-state index is 12.1. The van der Waals surface area contributed by atoms with Gasteiger partial charge in [0.25, 0.3) is 0 Å². The number of nitrogens with two attached hydrogens (primary N) is 1. The number of carbonyl (C=O) groups is 2. The zero-order chi connectivity index (χ0) is 14.5. The van der Waals surface area contributed by atoms with Crippen molar-refractivity contribution in [1.29, 1.82) is 0 Å². The minimum Gasteiger partial charge on any atom is -0.330 e. The minimum absolute atomic E-state index is 0.0762. The summed E-state index contributed by atoms with van der Waals surface area (Å²) in [5.74, 6) is 0.252. The van der Waals surface area contributed by atoms with Crippen LogP contribution in [0, 0.1) is 0 Å². The van der Waals surface area contributed by atoms with Gasteiger partial charge in [-0.1, -0.05) is 6.92 Å². The molecule has 0 radical (unpaired) electrons. The van der Waals surface area contributed by atoms with E-state index in [1.54, 1.807) is 0 Å². The lowest BCUT2D eigenvalue weighted by atomic mass is 9.96. The normalized spacial score (nSPS) is 14.0. The molecule has 1 heterocycles. The Morgan fingerprint density at radius 1 is 1.30 bits per heavy atom. The molecule has 0 saturated heterocycles. The predicted molar refractivity (Wildman–Crippen MR) is 80.0 cm³/mol. The second-order valence-corrected chi connectivity index (χ2v) is 5.20. The zero-order valence-corrected chi connectivity index (χ0v) is 12.0. The summed E-state index contributed by atoms with van der Waals surface area (Å²) in [4.78, 5) is 25.9. The van der Waals surface area contributed by atoms with Crippen molar-refractivity contribution in [1.82, 2.24) is 0 Å². The maximum atomic E-state index is 12.1. The highest BCUT2D eigenvalue weighted by Gasteiger charge is 2.22. The second kappa shape index (κ2) is 6.66. The third-order valence-corrected chi connectivity index (χ3v) is 3.66. The molecule has 0 saturated carbocycles. The van der Waals surface area contributed by atoms with Crippen LogP contribution in [0.2, 0.25) is 0 Å². The quantitative estimate of drug-likeness (QED) is 0.838. The molecule has 1 aromatic carbocycles. The Labute approximate surface area is 119 Å². The van der Waals surface area contributed by atoms with Crippen molar-refractivity contribution in [3.63, 3.8) is 0 Å². The summed E-state index contributed by atoms with van der Waals surface area (Å²) in [5, 5.41) is 0. The van der Waals surface area contributed by atoms with Crippen LogP contribution in [0.25, 0.3) is 0 Å². The highest BCUT2D eigenvalue weighted by molar-refractivity contribution is 5.99. The molecule has 4 nitrogen and oxygen atoms in total. The van der Waals surface area contributed by atoms with Gasteiger partial charge in [0.1, 0.15) is 0 Å². The average Bonchev–Trinajstić information content (AvgIpc) is 2.46. The Kier molecular flexibility index (Phi) is 4.90. The van der Waals surface area contributed by atoms with Crippen LogP contribution in [0.15, 0.2) is 18.2 Å². The van der Waals surface area contributed by atoms with Gasteiger partial charge in [0.05, 0.1) is 0 Å². The minimum atomic E-state index is 0.0762.